The second-order valence-electron chi connectivity index (χ2n) is 6.14. The number of carboxylic acid groups (broad SMARTS) is 1. The van der Waals surface area contributed by atoms with Gasteiger partial charge in [0.1, 0.15) is 24.0 Å². The number of benzene rings is 3. The van der Waals surface area contributed by atoms with Crippen LogP contribution in [0.2, 0.25) is 5.02 Å². The van der Waals surface area contributed by atoms with Crippen LogP contribution in [0.1, 0.15) is 15.9 Å². The van der Waals surface area contributed by atoms with Gasteiger partial charge in [0.25, 0.3) is 0 Å². The van der Waals surface area contributed by atoms with E-state index in [0.717, 1.165) is 5.56 Å². The molecule has 0 atom stereocenters. The Morgan fingerprint density at radius 1 is 1.14 bits per heavy atom. The van der Waals surface area contributed by atoms with Crippen LogP contribution in [-0.2, 0) is 6.61 Å². The molecule has 0 fully saturated rings. The number of carboxylic acids is 1. The third-order valence-electron chi connectivity index (χ3n) is 4.30. The Morgan fingerprint density at radius 2 is 1.93 bits per heavy atom. The lowest BCUT2D eigenvalue weighted by atomic mass is 10.2. The van der Waals surface area contributed by atoms with Crippen molar-refractivity contribution in [1.82, 2.24) is 9.97 Å². The summed E-state index contributed by atoms with van der Waals surface area (Å²) in [4.78, 5) is 18.7. The minimum absolute atomic E-state index is 0.0213. The third kappa shape index (κ3) is 3.54. The molecule has 5 nitrogen and oxygen atoms in total. The number of aromatic amines is 1. The zero-order valence-electron chi connectivity index (χ0n) is 14.4. The summed E-state index contributed by atoms with van der Waals surface area (Å²) in [6.07, 6.45) is 0. The first-order valence-corrected chi connectivity index (χ1v) is 8.78. The van der Waals surface area contributed by atoms with Gasteiger partial charge in [0.05, 0.1) is 21.6 Å². The maximum atomic E-state index is 13.8. The minimum Gasteiger partial charge on any atom is -0.489 e. The van der Waals surface area contributed by atoms with E-state index in [4.69, 9.17) is 21.4 Å². The highest BCUT2D eigenvalue weighted by molar-refractivity contribution is 6.31. The molecule has 28 heavy (non-hydrogen) atoms. The number of halogens is 2. The Bertz CT molecular complexity index is 1150. The fourth-order valence-corrected chi connectivity index (χ4v) is 3.03. The highest BCUT2D eigenvalue weighted by atomic mass is 35.5. The molecule has 4 rings (SSSR count). The van der Waals surface area contributed by atoms with E-state index in [1.807, 2.05) is 12.1 Å². The van der Waals surface area contributed by atoms with E-state index in [1.165, 1.54) is 12.1 Å². The second-order valence-corrected chi connectivity index (χ2v) is 6.54. The summed E-state index contributed by atoms with van der Waals surface area (Å²) in [6, 6.07) is 16.3. The molecule has 0 spiro atoms. The first kappa shape index (κ1) is 18.0. The van der Waals surface area contributed by atoms with Gasteiger partial charge in [0.15, 0.2) is 0 Å². The van der Waals surface area contributed by atoms with E-state index in [2.05, 4.69) is 9.97 Å². The molecule has 0 bridgehead atoms. The number of carbonyl (C=O) groups is 1. The fraction of sp³-hybridized carbons (Fsp3) is 0.0476. The maximum Gasteiger partial charge on any atom is 0.335 e. The number of imidazole rings is 1. The molecular weight excluding hydrogens is 383 g/mol. The monoisotopic (exact) mass is 396 g/mol. The molecule has 2 N–H and O–H groups in total. The summed E-state index contributed by atoms with van der Waals surface area (Å²) in [5.74, 6) is -0.227. The molecule has 0 aliphatic carbocycles. The average Bonchev–Trinajstić information content (AvgIpc) is 3.11. The number of nitrogens with zero attached hydrogens (tertiary/aromatic N) is 1. The molecule has 1 aromatic heterocycles. The van der Waals surface area contributed by atoms with Crippen LogP contribution in [0, 0.1) is 5.82 Å². The van der Waals surface area contributed by atoms with Crippen molar-refractivity contribution < 1.29 is 19.0 Å². The fourth-order valence-electron chi connectivity index (χ4n) is 2.81. The first-order valence-electron chi connectivity index (χ1n) is 8.40. The van der Waals surface area contributed by atoms with E-state index in [1.54, 1.807) is 36.4 Å². The Hall–Kier alpha value is -3.38. The molecule has 140 valence electrons. The van der Waals surface area contributed by atoms with Crippen molar-refractivity contribution in [2.45, 2.75) is 6.61 Å². The minimum atomic E-state index is -0.991. The van der Waals surface area contributed by atoms with Gasteiger partial charge in [-0.05, 0) is 54.6 Å². The lowest BCUT2D eigenvalue weighted by Crippen LogP contribution is -1.99. The summed E-state index contributed by atoms with van der Waals surface area (Å²) in [6.45, 7) is 0.0213. The Labute approximate surface area is 164 Å². The van der Waals surface area contributed by atoms with Gasteiger partial charge >= 0.3 is 5.97 Å². The standard InChI is InChI=1S/C21H14ClFN2O3/c22-16-2-1-3-17(23)15(16)11-28-14-7-4-12(5-8-14)20-24-18-9-6-13(21(26)27)10-19(18)25-20/h1-10H,11H2,(H,24,25)(H,26,27). The van der Waals surface area contributed by atoms with Crippen LogP contribution in [0.3, 0.4) is 0 Å². The summed E-state index contributed by atoms with van der Waals surface area (Å²) >= 11 is 6.00. The summed E-state index contributed by atoms with van der Waals surface area (Å²) < 4.78 is 19.4. The van der Waals surface area contributed by atoms with Crippen LogP contribution in [0.25, 0.3) is 22.4 Å². The van der Waals surface area contributed by atoms with Gasteiger partial charge in [-0.3, -0.25) is 0 Å². The van der Waals surface area contributed by atoms with Gasteiger partial charge < -0.3 is 14.8 Å². The van der Waals surface area contributed by atoms with Crippen LogP contribution < -0.4 is 4.74 Å². The predicted molar refractivity (Wildman–Crippen MR) is 104 cm³/mol. The molecule has 0 unspecified atom stereocenters. The number of hydrogen-bond acceptors (Lipinski definition) is 3. The number of rotatable bonds is 5. The SMILES string of the molecule is O=C(O)c1ccc2nc(-c3ccc(OCc4c(F)cccc4Cl)cc3)[nH]c2c1. The second kappa shape index (κ2) is 7.32. The van der Waals surface area contributed by atoms with Crippen LogP contribution >= 0.6 is 11.6 Å². The normalized spacial score (nSPS) is 10.9. The van der Waals surface area contributed by atoms with Crippen molar-refractivity contribution in [3.05, 3.63) is 82.6 Å². The molecule has 0 saturated carbocycles. The van der Waals surface area contributed by atoms with Gasteiger partial charge in [-0.1, -0.05) is 17.7 Å². The maximum absolute atomic E-state index is 13.8. The Morgan fingerprint density at radius 3 is 2.64 bits per heavy atom. The van der Waals surface area contributed by atoms with Crippen molar-refractivity contribution >= 4 is 28.6 Å². The number of aromatic carboxylic acids is 1. The molecule has 4 aromatic rings. The quantitative estimate of drug-likeness (QED) is 0.480. The summed E-state index contributed by atoms with van der Waals surface area (Å²) in [7, 11) is 0. The molecule has 3 aromatic carbocycles. The van der Waals surface area contributed by atoms with Crippen LogP contribution in [0.15, 0.2) is 60.7 Å². The smallest absolute Gasteiger partial charge is 0.335 e. The average molecular weight is 397 g/mol. The van der Waals surface area contributed by atoms with E-state index < -0.39 is 11.8 Å². The largest absolute Gasteiger partial charge is 0.489 e. The Balaban J connectivity index is 1.53. The van der Waals surface area contributed by atoms with Gasteiger partial charge in [-0.2, -0.15) is 0 Å². The van der Waals surface area contributed by atoms with Crippen LogP contribution in [0.4, 0.5) is 4.39 Å². The van der Waals surface area contributed by atoms with Crippen LogP contribution in [0.5, 0.6) is 5.75 Å². The van der Waals surface area contributed by atoms with Gasteiger partial charge in [0.2, 0.25) is 0 Å². The number of ether oxygens (including phenoxy) is 1. The third-order valence-corrected chi connectivity index (χ3v) is 4.66. The lowest BCUT2D eigenvalue weighted by Gasteiger charge is -2.09. The number of nitrogens with one attached hydrogen (secondary N) is 1. The molecule has 1 heterocycles. The van der Waals surface area contributed by atoms with Crippen LogP contribution in [-0.4, -0.2) is 21.0 Å². The Kier molecular flexibility index (Phi) is 4.71. The molecule has 0 aliphatic heterocycles. The van der Waals surface area contributed by atoms with Gasteiger partial charge in [-0.25, -0.2) is 14.2 Å². The zero-order valence-corrected chi connectivity index (χ0v) is 15.2. The predicted octanol–water partition coefficient (Wildman–Crippen LogP) is 5.30. The molecule has 7 heteroatoms. The summed E-state index contributed by atoms with van der Waals surface area (Å²) in [5, 5.41) is 9.40. The molecular formula is C21H14ClFN2O3. The van der Waals surface area contributed by atoms with Crippen molar-refractivity contribution in [3.63, 3.8) is 0 Å². The van der Waals surface area contributed by atoms with Crippen molar-refractivity contribution in [1.29, 1.82) is 0 Å². The van der Waals surface area contributed by atoms with Crippen molar-refractivity contribution in [3.8, 4) is 17.1 Å². The van der Waals surface area contributed by atoms with Gasteiger partial charge in [-0.15, -0.1) is 0 Å². The number of H-pyrrole nitrogens is 1. The number of hydrogen-bond donors (Lipinski definition) is 2. The molecule has 0 aliphatic rings. The van der Waals surface area contributed by atoms with Crippen molar-refractivity contribution in [2.75, 3.05) is 0 Å². The topological polar surface area (TPSA) is 75.2 Å². The van der Waals surface area contributed by atoms with E-state index in [9.17, 15) is 9.18 Å². The number of aromatic nitrogens is 2. The highest BCUT2D eigenvalue weighted by Crippen LogP contribution is 2.25. The molecule has 0 amide bonds. The van der Waals surface area contributed by atoms with E-state index >= 15 is 0 Å². The first-order chi connectivity index (χ1) is 13.5. The molecule has 0 saturated heterocycles. The van der Waals surface area contributed by atoms with E-state index in [-0.39, 0.29) is 12.2 Å². The molecule has 0 radical (unpaired) electrons. The lowest BCUT2D eigenvalue weighted by molar-refractivity contribution is 0.0697. The number of fused-ring (bicyclic) bond motifs is 1. The highest BCUT2D eigenvalue weighted by Gasteiger charge is 2.10. The zero-order chi connectivity index (χ0) is 19.7. The van der Waals surface area contributed by atoms with E-state index in [0.29, 0.717) is 33.2 Å². The van der Waals surface area contributed by atoms with Gasteiger partial charge in [0, 0.05) is 11.1 Å². The summed E-state index contributed by atoms with van der Waals surface area (Å²) in [5.41, 5.74) is 2.63. The van der Waals surface area contributed by atoms with Crippen molar-refractivity contribution in [2.24, 2.45) is 0 Å².